The minimum Gasteiger partial charge on any atom is -0.337 e. The summed E-state index contributed by atoms with van der Waals surface area (Å²) in [6.45, 7) is 4.62. The first-order chi connectivity index (χ1) is 11.8. The third-order valence-corrected chi connectivity index (χ3v) is 5.41. The molecule has 1 atom stereocenters. The number of amides is 1. The monoisotopic (exact) mass is 340 g/mol. The van der Waals surface area contributed by atoms with Crippen molar-refractivity contribution < 1.29 is 4.79 Å². The zero-order valence-corrected chi connectivity index (χ0v) is 14.5. The summed E-state index contributed by atoms with van der Waals surface area (Å²) in [5, 5.41) is 1.95. The van der Waals surface area contributed by atoms with Gasteiger partial charge in [-0.2, -0.15) is 0 Å². The van der Waals surface area contributed by atoms with Crippen LogP contribution in [0.5, 0.6) is 0 Å². The first-order valence-electron chi connectivity index (χ1n) is 8.42. The average Bonchev–Trinajstić information content (AvgIpc) is 3.34. The predicted octanol–water partition coefficient (Wildman–Crippen LogP) is 3.53. The first-order valence-corrected chi connectivity index (χ1v) is 9.30. The van der Waals surface area contributed by atoms with Crippen molar-refractivity contribution in [3.63, 3.8) is 0 Å². The molecule has 1 fully saturated rings. The normalized spacial score (nSPS) is 17.7. The second-order valence-electron chi connectivity index (χ2n) is 6.18. The van der Waals surface area contributed by atoms with Gasteiger partial charge in [0.1, 0.15) is 11.3 Å². The Balaban J connectivity index is 1.62. The molecule has 0 saturated carbocycles. The molecule has 0 aliphatic carbocycles. The fourth-order valence-corrected chi connectivity index (χ4v) is 4.13. The van der Waals surface area contributed by atoms with Gasteiger partial charge in [0.25, 0.3) is 5.91 Å². The Labute approximate surface area is 145 Å². The molecular weight excluding hydrogens is 320 g/mol. The first kappa shape index (κ1) is 15.3. The van der Waals surface area contributed by atoms with Crippen LogP contribution in [0.3, 0.4) is 0 Å². The van der Waals surface area contributed by atoms with Crippen molar-refractivity contribution in [2.45, 2.75) is 32.2 Å². The molecular formula is C18H20N4OS. The number of carbonyl (C=O) groups excluding carboxylic acids is 1. The minimum absolute atomic E-state index is 0.142. The zero-order chi connectivity index (χ0) is 16.5. The number of nitrogens with zero attached hydrogens (tertiary/aromatic N) is 4. The Morgan fingerprint density at radius 1 is 1.38 bits per heavy atom. The van der Waals surface area contributed by atoms with E-state index in [1.165, 1.54) is 11.3 Å². The molecule has 0 N–H and O–H groups in total. The Morgan fingerprint density at radius 2 is 2.29 bits per heavy atom. The second kappa shape index (κ2) is 6.36. The molecule has 6 heteroatoms. The molecule has 4 heterocycles. The number of hydrogen-bond acceptors (Lipinski definition) is 4. The summed E-state index contributed by atoms with van der Waals surface area (Å²) in [7, 11) is 0. The topological polar surface area (TPSA) is 51.0 Å². The maximum atomic E-state index is 12.6. The van der Waals surface area contributed by atoms with E-state index in [4.69, 9.17) is 4.98 Å². The van der Waals surface area contributed by atoms with Gasteiger partial charge in [-0.05, 0) is 36.4 Å². The minimum atomic E-state index is 0.142. The lowest BCUT2D eigenvalue weighted by molar-refractivity contribution is 0.0795. The van der Waals surface area contributed by atoms with Crippen molar-refractivity contribution in [3.8, 4) is 0 Å². The number of hydrogen-bond donors (Lipinski definition) is 0. The van der Waals surface area contributed by atoms with Crippen molar-refractivity contribution >= 4 is 28.4 Å². The van der Waals surface area contributed by atoms with Gasteiger partial charge in [-0.3, -0.25) is 4.79 Å². The Kier molecular flexibility index (Phi) is 4.06. The van der Waals surface area contributed by atoms with Gasteiger partial charge in [0.15, 0.2) is 5.65 Å². The molecule has 1 saturated heterocycles. The molecule has 4 rings (SSSR count). The fraction of sp³-hybridized carbons (Fsp3) is 0.389. The molecule has 1 aliphatic heterocycles. The van der Waals surface area contributed by atoms with Crippen LogP contribution in [-0.4, -0.2) is 38.4 Å². The van der Waals surface area contributed by atoms with E-state index in [0.29, 0.717) is 0 Å². The van der Waals surface area contributed by atoms with Crippen LogP contribution in [0.15, 0.2) is 35.8 Å². The van der Waals surface area contributed by atoms with E-state index in [1.54, 1.807) is 0 Å². The van der Waals surface area contributed by atoms with Crippen LogP contribution in [0, 0.1) is 0 Å². The Morgan fingerprint density at radius 3 is 3.08 bits per heavy atom. The van der Waals surface area contributed by atoms with Crippen LogP contribution in [0.1, 0.15) is 41.2 Å². The number of carbonyl (C=O) groups is 1. The number of thiophene rings is 1. The molecule has 0 aromatic carbocycles. The average molecular weight is 340 g/mol. The quantitative estimate of drug-likeness (QED) is 0.730. The van der Waals surface area contributed by atoms with Crippen LogP contribution in [0.4, 0.5) is 0 Å². The molecule has 124 valence electrons. The summed E-state index contributed by atoms with van der Waals surface area (Å²) in [6, 6.07) is 7.77. The van der Waals surface area contributed by atoms with Crippen molar-refractivity contribution in [2.75, 3.05) is 13.1 Å². The molecule has 0 radical (unpaired) electrons. The van der Waals surface area contributed by atoms with E-state index in [1.807, 2.05) is 40.7 Å². The molecule has 1 unspecified atom stereocenters. The lowest BCUT2D eigenvalue weighted by Gasteiger charge is -2.16. The summed E-state index contributed by atoms with van der Waals surface area (Å²) in [5.74, 6) is 1.51. The van der Waals surface area contributed by atoms with Crippen molar-refractivity contribution in [1.82, 2.24) is 19.4 Å². The van der Waals surface area contributed by atoms with Gasteiger partial charge in [-0.15, -0.1) is 11.3 Å². The number of aromatic nitrogens is 3. The van der Waals surface area contributed by atoms with Crippen LogP contribution in [0.25, 0.3) is 11.2 Å². The van der Waals surface area contributed by atoms with Gasteiger partial charge in [-0.1, -0.05) is 13.0 Å². The van der Waals surface area contributed by atoms with Crippen LogP contribution >= 0.6 is 11.3 Å². The van der Waals surface area contributed by atoms with Gasteiger partial charge in [0, 0.05) is 31.7 Å². The molecule has 1 aliphatic rings. The molecule has 3 aromatic rings. The van der Waals surface area contributed by atoms with Gasteiger partial charge >= 0.3 is 0 Å². The standard InChI is InChI=1S/C18H20N4OS/c1-2-9-22-16(20-14-5-3-8-19-17(14)22)13-7-10-21(12-13)18(23)15-6-4-11-24-15/h3-6,8,11,13H,2,7,9-10,12H2,1H3. The Hall–Kier alpha value is -2.21. The summed E-state index contributed by atoms with van der Waals surface area (Å²) < 4.78 is 2.24. The van der Waals surface area contributed by atoms with E-state index in [9.17, 15) is 4.79 Å². The van der Waals surface area contributed by atoms with Gasteiger partial charge in [0.2, 0.25) is 0 Å². The lowest BCUT2D eigenvalue weighted by atomic mass is 10.1. The largest absolute Gasteiger partial charge is 0.337 e. The molecule has 3 aromatic heterocycles. The number of likely N-dealkylation sites (tertiary alicyclic amines) is 1. The van der Waals surface area contributed by atoms with Gasteiger partial charge in [-0.25, -0.2) is 9.97 Å². The van der Waals surface area contributed by atoms with Crippen LogP contribution < -0.4 is 0 Å². The summed E-state index contributed by atoms with van der Waals surface area (Å²) >= 11 is 1.51. The number of fused-ring (bicyclic) bond motifs is 1. The number of aryl methyl sites for hydroxylation is 1. The number of pyridine rings is 1. The third kappa shape index (κ3) is 2.60. The maximum Gasteiger partial charge on any atom is 0.263 e. The Bertz CT molecular complexity index is 855. The summed E-state index contributed by atoms with van der Waals surface area (Å²) in [6.07, 6.45) is 3.82. The van der Waals surface area contributed by atoms with Gasteiger partial charge < -0.3 is 9.47 Å². The molecule has 5 nitrogen and oxygen atoms in total. The summed E-state index contributed by atoms with van der Waals surface area (Å²) in [4.78, 5) is 24.7. The van der Waals surface area contributed by atoms with E-state index in [-0.39, 0.29) is 11.8 Å². The smallest absolute Gasteiger partial charge is 0.263 e. The SMILES string of the molecule is CCCn1c(C2CCN(C(=O)c3cccs3)C2)nc2cccnc21. The van der Waals surface area contributed by atoms with E-state index in [2.05, 4.69) is 16.5 Å². The molecule has 1 amide bonds. The van der Waals surface area contributed by atoms with E-state index < -0.39 is 0 Å². The molecule has 0 bridgehead atoms. The summed E-state index contributed by atoms with van der Waals surface area (Å²) in [5.41, 5.74) is 1.90. The number of imidazole rings is 1. The second-order valence-corrected chi connectivity index (χ2v) is 7.13. The van der Waals surface area contributed by atoms with E-state index >= 15 is 0 Å². The van der Waals surface area contributed by atoms with Crippen LogP contribution in [0.2, 0.25) is 0 Å². The van der Waals surface area contributed by atoms with Crippen molar-refractivity contribution in [2.24, 2.45) is 0 Å². The highest BCUT2D eigenvalue weighted by atomic mass is 32.1. The van der Waals surface area contributed by atoms with Crippen LogP contribution in [-0.2, 0) is 6.54 Å². The zero-order valence-electron chi connectivity index (χ0n) is 13.7. The number of rotatable bonds is 4. The highest BCUT2D eigenvalue weighted by Crippen LogP contribution is 2.30. The lowest BCUT2D eigenvalue weighted by Crippen LogP contribution is -2.28. The van der Waals surface area contributed by atoms with E-state index in [0.717, 1.165) is 54.3 Å². The highest BCUT2D eigenvalue weighted by Gasteiger charge is 2.31. The van der Waals surface area contributed by atoms with Gasteiger partial charge in [0.05, 0.1) is 4.88 Å². The van der Waals surface area contributed by atoms with Crippen molar-refractivity contribution in [1.29, 1.82) is 0 Å². The maximum absolute atomic E-state index is 12.6. The molecule has 24 heavy (non-hydrogen) atoms. The fourth-order valence-electron chi connectivity index (χ4n) is 3.44. The highest BCUT2D eigenvalue weighted by molar-refractivity contribution is 7.12. The van der Waals surface area contributed by atoms with Crippen molar-refractivity contribution in [3.05, 3.63) is 46.5 Å². The predicted molar refractivity (Wildman–Crippen MR) is 95.4 cm³/mol. The molecule has 0 spiro atoms. The third-order valence-electron chi connectivity index (χ3n) is 4.55.